The lowest BCUT2D eigenvalue weighted by Crippen LogP contribution is -2.50. The van der Waals surface area contributed by atoms with Crippen molar-refractivity contribution in [3.8, 4) is 0 Å². The normalized spacial score (nSPS) is 27.9. The van der Waals surface area contributed by atoms with Crippen LogP contribution in [-0.2, 0) is 13.0 Å². The molecule has 2 aliphatic rings. The van der Waals surface area contributed by atoms with Gasteiger partial charge in [-0.05, 0) is 36.3 Å². The van der Waals surface area contributed by atoms with Gasteiger partial charge in [-0.1, -0.05) is 51.0 Å². The maximum Gasteiger partial charge on any atom is 0.0234 e. The van der Waals surface area contributed by atoms with Gasteiger partial charge in [0.25, 0.3) is 0 Å². The first-order valence-corrected chi connectivity index (χ1v) is 9.29. The van der Waals surface area contributed by atoms with Crippen LogP contribution in [0.4, 0.5) is 0 Å². The smallest absolute Gasteiger partial charge is 0.0234 e. The van der Waals surface area contributed by atoms with E-state index in [1.54, 1.807) is 0 Å². The molecule has 122 valence electrons. The van der Waals surface area contributed by atoms with Gasteiger partial charge >= 0.3 is 0 Å². The van der Waals surface area contributed by atoms with Gasteiger partial charge in [-0.2, -0.15) is 0 Å². The van der Waals surface area contributed by atoms with Crippen LogP contribution in [0.3, 0.4) is 0 Å². The second-order valence-corrected chi connectivity index (χ2v) is 7.41. The monoisotopic (exact) mass is 300 g/mol. The van der Waals surface area contributed by atoms with E-state index in [1.807, 2.05) is 0 Å². The van der Waals surface area contributed by atoms with Crippen LogP contribution in [0.25, 0.3) is 0 Å². The maximum atomic E-state index is 2.77. The second-order valence-electron chi connectivity index (χ2n) is 7.41. The standard InChI is InChI=1S/C20H32N2/c1-3-18-7-9-19(10-8-18)16-21-11-13-22(14-12-21)20-6-4-5-17(2)15-20/h7-10,17,20H,3-6,11-16H2,1-2H3/t17-,20+/m1/s1. The van der Waals surface area contributed by atoms with Gasteiger partial charge in [0.05, 0.1) is 0 Å². The van der Waals surface area contributed by atoms with Gasteiger partial charge in [-0.3, -0.25) is 9.80 Å². The lowest BCUT2D eigenvalue weighted by atomic mass is 9.86. The molecule has 0 spiro atoms. The molecule has 3 rings (SSSR count). The highest BCUT2D eigenvalue weighted by atomic mass is 15.3. The molecule has 0 N–H and O–H groups in total. The maximum absolute atomic E-state index is 2.77. The summed E-state index contributed by atoms with van der Waals surface area (Å²) in [5, 5.41) is 0. The summed E-state index contributed by atoms with van der Waals surface area (Å²) in [6.07, 6.45) is 6.89. The molecule has 0 bridgehead atoms. The van der Waals surface area contributed by atoms with Crippen molar-refractivity contribution in [1.82, 2.24) is 9.80 Å². The molecule has 0 amide bonds. The number of hydrogen-bond donors (Lipinski definition) is 0. The minimum absolute atomic E-state index is 0.870. The Hall–Kier alpha value is -0.860. The Bertz CT molecular complexity index is 445. The molecule has 1 aromatic carbocycles. The first kappa shape index (κ1) is 16.0. The third-order valence-corrected chi connectivity index (χ3v) is 5.67. The van der Waals surface area contributed by atoms with E-state index < -0.39 is 0 Å². The largest absolute Gasteiger partial charge is 0.298 e. The summed E-state index contributed by atoms with van der Waals surface area (Å²) in [5.74, 6) is 0.939. The molecule has 2 nitrogen and oxygen atoms in total. The van der Waals surface area contributed by atoms with Crippen LogP contribution in [0.2, 0.25) is 0 Å². The van der Waals surface area contributed by atoms with Gasteiger partial charge in [-0.15, -0.1) is 0 Å². The average Bonchev–Trinajstić information content (AvgIpc) is 2.56. The number of rotatable bonds is 4. The van der Waals surface area contributed by atoms with Gasteiger partial charge < -0.3 is 0 Å². The summed E-state index contributed by atoms with van der Waals surface area (Å²) >= 11 is 0. The molecule has 2 heteroatoms. The molecule has 2 fully saturated rings. The SMILES string of the molecule is CCc1ccc(CN2CCN([C@H]3CCC[C@@H](C)C3)CC2)cc1. The summed E-state index contributed by atoms with van der Waals surface area (Å²) in [4.78, 5) is 5.40. The number of benzene rings is 1. The van der Waals surface area contributed by atoms with E-state index in [-0.39, 0.29) is 0 Å². The van der Waals surface area contributed by atoms with Crippen molar-refractivity contribution in [2.24, 2.45) is 5.92 Å². The van der Waals surface area contributed by atoms with Gasteiger partial charge in [0.15, 0.2) is 0 Å². The highest BCUT2D eigenvalue weighted by Gasteiger charge is 2.27. The average molecular weight is 300 g/mol. The van der Waals surface area contributed by atoms with Gasteiger partial charge in [-0.25, -0.2) is 0 Å². The lowest BCUT2D eigenvalue weighted by Gasteiger charge is -2.42. The van der Waals surface area contributed by atoms with Crippen LogP contribution in [-0.4, -0.2) is 42.0 Å². The van der Waals surface area contributed by atoms with E-state index in [9.17, 15) is 0 Å². The zero-order valence-electron chi connectivity index (χ0n) is 14.4. The molecule has 1 saturated carbocycles. The Balaban J connectivity index is 1.46. The van der Waals surface area contributed by atoms with Crippen molar-refractivity contribution in [2.45, 2.75) is 58.5 Å². The summed E-state index contributed by atoms with van der Waals surface area (Å²) < 4.78 is 0. The van der Waals surface area contributed by atoms with E-state index in [4.69, 9.17) is 0 Å². The fourth-order valence-electron chi connectivity index (χ4n) is 4.16. The van der Waals surface area contributed by atoms with Crippen molar-refractivity contribution in [3.05, 3.63) is 35.4 Å². The summed E-state index contributed by atoms with van der Waals surface area (Å²) in [5.41, 5.74) is 2.91. The van der Waals surface area contributed by atoms with Gasteiger partial charge in [0, 0.05) is 38.8 Å². The Morgan fingerprint density at radius 3 is 2.27 bits per heavy atom. The Labute approximate surface area is 136 Å². The van der Waals surface area contributed by atoms with Crippen LogP contribution in [0.15, 0.2) is 24.3 Å². The molecule has 1 aromatic rings. The van der Waals surface area contributed by atoms with E-state index >= 15 is 0 Å². The molecule has 0 aromatic heterocycles. The van der Waals surface area contributed by atoms with Crippen molar-refractivity contribution < 1.29 is 0 Å². The van der Waals surface area contributed by atoms with E-state index in [2.05, 4.69) is 47.9 Å². The number of hydrogen-bond acceptors (Lipinski definition) is 2. The van der Waals surface area contributed by atoms with Crippen LogP contribution in [0.5, 0.6) is 0 Å². The number of aryl methyl sites for hydroxylation is 1. The van der Waals surface area contributed by atoms with E-state index in [0.29, 0.717) is 0 Å². The fourth-order valence-corrected chi connectivity index (χ4v) is 4.16. The molecular weight excluding hydrogens is 268 g/mol. The summed E-state index contributed by atoms with van der Waals surface area (Å²) in [6, 6.07) is 10.1. The first-order chi connectivity index (χ1) is 10.7. The predicted octanol–water partition coefficient (Wildman–Crippen LogP) is 3.95. The van der Waals surface area contributed by atoms with Gasteiger partial charge in [0.1, 0.15) is 0 Å². The molecule has 1 aliphatic carbocycles. The van der Waals surface area contributed by atoms with Crippen molar-refractivity contribution in [3.63, 3.8) is 0 Å². The summed E-state index contributed by atoms with van der Waals surface area (Å²) in [7, 11) is 0. The number of piperazine rings is 1. The minimum Gasteiger partial charge on any atom is -0.298 e. The fraction of sp³-hybridized carbons (Fsp3) is 0.700. The highest BCUT2D eigenvalue weighted by Crippen LogP contribution is 2.28. The number of nitrogens with zero attached hydrogens (tertiary/aromatic N) is 2. The Kier molecular flexibility index (Phi) is 5.54. The predicted molar refractivity (Wildman–Crippen MR) is 94.1 cm³/mol. The lowest BCUT2D eigenvalue weighted by molar-refractivity contribution is 0.0659. The van der Waals surface area contributed by atoms with Crippen molar-refractivity contribution in [1.29, 1.82) is 0 Å². The van der Waals surface area contributed by atoms with Crippen LogP contribution >= 0.6 is 0 Å². The molecule has 1 heterocycles. The molecular formula is C20H32N2. The minimum atomic E-state index is 0.870. The first-order valence-electron chi connectivity index (χ1n) is 9.29. The Morgan fingerprint density at radius 1 is 0.955 bits per heavy atom. The highest BCUT2D eigenvalue weighted by molar-refractivity contribution is 5.22. The van der Waals surface area contributed by atoms with Crippen LogP contribution < -0.4 is 0 Å². The molecule has 2 atom stereocenters. The third-order valence-electron chi connectivity index (χ3n) is 5.67. The van der Waals surface area contributed by atoms with Crippen molar-refractivity contribution in [2.75, 3.05) is 26.2 Å². The zero-order valence-corrected chi connectivity index (χ0v) is 14.4. The third kappa shape index (κ3) is 4.11. The molecule has 0 radical (unpaired) electrons. The van der Waals surface area contributed by atoms with Gasteiger partial charge in [0.2, 0.25) is 0 Å². The molecule has 1 saturated heterocycles. The zero-order chi connectivity index (χ0) is 15.4. The van der Waals surface area contributed by atoms with Crippen LogP contribution in [0, 0.1) is 5.92 Å². The van der Waals surface area contributed by atoms with Crippen LogP contribution in [0.1, 0.15) is 50.7 Å². The molecule has 22 heavy (non-hydrogen) atoms. The topological polar surface area (TPSA) is 6.48 Å². The van der Waals surface area contributed by atoms with Crippen molar-refractivity contribution >= 4 is 0 Å². The van der Waals surface area contributed by atoms with E-state index in [1.165, 1.54) is 63.0 Å². The Morgan fingerprint density at radius 2 is 1.64 bits per heavy atom. The van der Waals surface area contributed by atoms with E-state index in [0.717, 1.165) is 24.9 Å². The molecule has 0 unspecified atom stereocenters. The summed E-state index contributed by atoms with van der Waals surface area (Å²) in [6.45, 7) is 10.8. The second kappa shape index (κ2) is 7.61. The quantitative estimate of drug-likeness (QED) is 0.831. The molecule has 1 aliphatic heterocycles.